The molecule has 0 aromatic heterocycles. The van der Waals surface area contributed by atoms with Crippen LogP contribution in [0.1, 0.15) is 32.1 Å². The van der Waals surface area contributed by atoms with Crippen LogP contribution in [0.25, 0.3) is 0 Å². The smallest absolute Gasteiger partial charge is 0.321 e. The van der Waals surface area contributed by atoms with E-state index in [0.29, 0.717) is 4.90 Å². The fraction of sp³-hybridized carbons (Fsp3) is 0.467. The number of amides is 3. The van der Waals surface area contributed by atoms with Crippen LogP contribution in [0.5, 0.6) is 5.75 Å². The van der Waals surface area contributed by atoms with E-state index in [1.165, 1.54) is 18.2 Å². The third kappa shape index (κ3) is 5.30. The lowest BCUT2D eigenvalue weighted by molar-refractivity contribution is -0.117. The van der Waals surface area contributed by atoms with Crippen LogP contribution in [-0.2, 0) is 4.79 Å². The minimum Gasteiger partial charge on any atom is -0.507 e. The Labute approximate surface area is 128 Å². The van der Waals surface area contributed by atoms with Crippen LogP contribution in [0.15, 0.2) is 29.2 Å². The summed E-state index contributed by atoms with van der Waals surface area (Å²) in [6.07, 6.45) is 5.43. The van der Waals surface area contributed by atoms with Gasteiger partial charge in [-0.1, -0.05) is 31.4 Å². The van der Waals surface area contributed by atoms with Crippen LogP contribution in [0.2, 0.25) is 0 Å². The molecule has 0 heterocycles. The minimum absolute atomic E-state index is 0.0929. The predicted molar refractivity (Wildman–Crippen MR) is 82.4 cm³/mol. The number of rotatable bonds is 4. The van der Waals surface area contributed by atoms with E-state index in [0.717, 1.165) is 25.7 Å². The topological polar surface area (TPSA) is 78.4 Å². The van der Waals surface area contributed by atoms with Gasteiger partial charge in [0, 0.05) is 10.9 Å². The number of para-hydroxylation sites is 1. The summed E-state index contributed by atoms with van der Waals surface area (Å²) in [6.45, 7) is 0. The molecule has 0 spiro atoms. The lowest BCUT2D eigenvalue weighted by atomic mass is 9.96. The first-order valence-corrected chi connectivity index (χ1v) is 8.15. The Morgan fingerprint density at radius 3 is 2.62 bits per heavy atom. The second-order valence-electron chi connectivity index (χ2n) is 5.11. The number of nitrogens with one attached hydrogen (secondary N) is 2. The quantitative estimate of drug-likeness (QED) is 0.747. The Morgan fingerprint density at radius 2 is 1.90 bits per heavy atom. The number of carbonyl (C=O) groups is 2. The normalized spacial score (nSPS) is 15.4. The molecule has 2 rings (SSSR count). The molecule has 0 atom stereocenters. The van der Waals surface area contributed by atoms with Gasteiger partial charge in [-0.25, -0.2) is 4.79 Å². The number of phenolic OH excluding ortho intramolecular Hbond substituents is 1. The maximum Gasteiger partial charge on any atom is 0.321 e. The van der Waals surface area contributed by atoms with Crippen LogP contribution in [-0.4, -0.2) is 28.8 Å². The number of urea groups is 1. The highest BCUT2D eigenvalue weighted by Gasteiger charge is 2.17. The zero-order valence-corrected chi connectivity index (χ0v) is 12.6. The molecule has 1 aliphatic carbocycles. The van der Waals surface area contributed by atoms with Crippen molar-refractivity contribution in [1.82, 2.24) is 10.6 Å². The lowest BCUT2D eigenvalue weighted by Crippen LogP contribution is -2.45. The number of imide groups is 1. The van der Waals surface area contributed by atoms with Crippen LogP contribution in [0.3, 0.4) is 0 Å². The maximum atomic E-state index is 11.7. The average Bonchev–Trinajstić information content (AvgIpc) is 2.47. The molecule has 0 bridgehead atoms. The van der Waals surface area contributed by atoms with E-state index >= 15 is 0 Å². The van der Waals surface area contributed by atoms with Crippen molar-refractivity contribution < 1.29 is 14.7 Å². The standard InChI is InChI=1S/C15H20N2O3S/c18-12-8-4-5-9-13(12)21-10-14(19)17-15(20)16-11-6-2-1-3-7-11/h4-5,8-9,11,18H,1-3,6-7,10H2,(H2,16,17,19,20). The Hall–Kier alpha value is -1.69. The van der Waals surface area contributed by atoms with Gasteiger partial charge in [-0.3, -0.25) is 10.1 Å². The molecule has 0 unspecified atom stereocenters. The summed E-state index contributed by atoms with van der Waals surface area (Å²) in [5.74, 6) is -0.131. The third-order valence-electron chi connectivity index (χ3n) is 3.42. The summed E-state index contributed by atoms with van der Waals surface area (Å²) in [4.78, 5) is 24.0. The molecule has 3 N–H and O–H groups in total. The van der Waals surface area contributed by atoms with Crippen LogP contribution in [0, 0.1) is 0 Å². The summed E-state index contributed by atoms with van der Waals surface area (Å²) < 4.78 is 0. The average molecular weight is 308 g/mol. The number of hydrogen-bond donors (Lipinski definition) is 3. The van der Waals surface area contributed by atoms with Crippen molar-refractivity contribution >= 4 is 23.7 Å². The largest absolute Gasteiger partial charge is 0.507 e. The van der Waals surface area contributed by atoms with E-state index in [9.17, 15) is 14.7 Å². The predicted octanol–water partition coefficient (Wildman–Crippen LogP) is 2.64. The molecule has 114 valence electrons. The number of phenols is 1. The van der Waals surface area contributed by atoms with Crippen LogP contribution >= 0.6 is 11.8 Å². The molecule has 1 saturated carbocycles. The Morgan fingerprint density at radius 1 is 1.19 bits per heavy atom. The van der Waals surface area contributed by atoms with Crippen molar-refractivity contribution in [3.63, 3.8) is 0 Å². The molecule has 0 radical (unpaired) electrons. The summed E-state index contributed by atoms with van der Waals surface area (Å²) >= 11 is 1.20. The minimum atomic E-state index is -0.426. The number of hydrogen-bond acceptors (Lipinski definition) is 4. The van der Waals surface area contributed by atoms with E-state index in [1.807, 2.05) is 0 Å². The van der Waals surface area contributed by atoms with Gasteiger partial charge >= 0.3 is 6.03 Å². The highest BCUT2D eigenvalue weighted by molar-refractivity contribution is 8.00. The molecule has 3 amide bonds. The van der Waals surface area contributed by atoms with Crippen molar-refractivity contribution in [3.8, 4) is 5.75 Å². The highest BCUT2D eigenvalue weighted by atomic mass is 32.2. The molecular formula is C15H20N2O3S. The van der Waals surface area contributed by atoms with Gasteiger partial charge in [-0.05, 0) is 25.0 Å². The Kier molecular flexibility index (Phi) is 5.92. The molecule has 6 heteroatoms. The van der Waals surface area contributed by atoms with Crippen molar-refractivity contribution in [3.05, 3.63) is 24.3 Å². The van der Waals surface area contributed by atoms with Crippen molar-refractivity contribution in [2.75, 3.05) is 5.75 Å². The van der Waals surface area contributed by atoms with E-state index < -0.39 is 6.03 Å². The molecular weight excluding hydrogens is 288 g/mol. The Balaban J connectivity index is 1.71. The first-order chi connectivity index (χ1) is 10.1. The van der Waals surface area contributed by atoms with Gasteiger partial charge in [0.2, 0.25) is 5.91 Å². The number of carbonyl (C=O) groups excluding carboxylic acids is 2. The second kappa shape index (κ2) is 7.93. The van der Waals surface area contributed by atoms with Crippen molar-refractivity contribution in [1.29, 1.82) is 0 Å². The third-order valence-corrected chi connectivity index (χ3v) is 4.48. The molecule has 21 heavy (non-hydrogen) atoms. The Bertz CT molecular complexity index is 501. The van der Waals surface area contributed by atoms with Crippen molar-refractivity contribution in [2.45, 2.75) is 43.0 Å². The SMILES string of the molecule is O=C(CSc1ccccc1O)NC(=O)NC1CCCCC1. The van der Waals surface area contributed by atoms with Gasteiger partial charge in [0.05, 0.1) is 5.75 Å². The van der Waals surface area contributed by atoms with Gasteiger partial charge in [-0.15, -0.1) is 11.8 Å². The van der Waals surface area contributed by atoms with E-state index in [4.69, 9.17) is 0 Å². The van der Waals surface area contributed by atoms with Gasteiger partial charge < -0.3 is 10.4 Å². The van der Waals surface area contributed by atoms with E-state index in [2.05, 4.69) is 10.6 Å². The van der Waals surface area contributed by atoms with Gasteiger partial charge in [0.25, 0.3) is 0 Å². The summed E-state index contributed by atoms with van der Waals surface area (Å²) in [5, 5.41) is 14.7. The lowest BCUT2D eigenvalue weighted by Gasteiger charge is -2.22. The van der Waals surface area contributed by atoms with Gasteiger partial charge in [0.1, 0.15) is 5.75 Å². The monoisotopic (exact) mass is 308 g/mol. The molecule has 1 aliphatic rings. The first kappa shape index (κ1) is 15.7. The molecule has 1 aromatic carbocycles. The summed E-state index contributed by atoms with van der Waals surface area (Å²) in [5.41, 5.74) is 0. The molecule has 0 saturated heterocycles. The molecule has 0 aliphatic heterocycles. The highest BCUT2D eigenvalue weighted by Crippen LogP contribution is 2.27. The molecule has 5 nitrogen and oxygen atoms in total. The van der Waals surface area contributed by atoms with Gasteiger partial charge in [-0.2, -0.15) is 0 Å². The maximum absolute atomic E-state index is 11.7. The van der Waals surface area contributed by atoms with E-state index in [-0.39, 0.29) is 23.5 Å². The summed E-state index contributed by atoms with van der Waals surface area (Å²) in [7, 11) is 0. The molecule has 1 aromatic rings. The second-order valence-corrected chi connectivity index (χ2v) is 6.13. The van der Waals surface area contributed by atoms with Crippen LogP contribution in [0.4, 0.5) is 4.79 Å². The number of benzene rings is 1. The zero-order chi connectivity index (χ0) is 15.1. The van der Waals surface area contributed by atoms with Crippen molar-refractivity contribution in [2.24, 2.45) is 0 Å². The number of aromatic hydroxyl groups is 1. The van der Waals surface area contributed by atoms with Crippen LogP contribution < -0.4 is 10.6 Å². The fourth-order valence-electron chi connectivity index (χ4n) is 2.35. The molecule has 1 fully saturated rings. The fourth-order valence-corrected chi connectivity index (χ4v) is 3.10. The number of thioether (sulfide) groups is 1. The summed E-state index contributed by atoms with van der Waals surface area (Å²) in [6, 6.07) is 6.56. The first-order valence-electron chi connectivity index (χ1n) is 7.16. The van der Waals surface area contributed by atoms with E-state index in [1.54, 1.807) is 24.3 Å². The zero-order valence-electron chi connectivity index (χ0n) is 11.8. The van der Waals surface area contributed by atoms with Gasteiger partial charge in [0.15, 0.2) is 0 Å².